The van der Waals surface area contributed by atoms with Gasteiger partial charge >= 0.3 is 6.18 Å². The van der Waals surface area contributed by atoms with Crippen LogP contribution in [0.4, 0.5) is 13.2 Å². The third kappa shape index (κ3) is 6.98. The van der Waals surface area contributed by atoms with E-state index in [1.165, 1.54) is 31.7 Å². The molecular weight excluding hydrogens is 275 g/mol. The van der Waals surface area contributed by atoms with E-state index in [-0.39, 0.29) is 12.6 Å². The maximum atomic E-state index is 12.9. The van der Waals surface area contributed by atoms with Gasteiger partial charge in [-0.25, -0.2) is 0 Å². The molecule has 0 fully saturated rings. The van der Waals surface area contributed by atoms with Gasteiger partial charge < -0.3 is 5.32 Å². The molecular formula is C17H26F3N. The maximum Gasteiger partial charge on any atom is 0.416 e. The van der Waals surface area contributed by atoms with Gasteiger partial charge in [0.1, 0.15) is 0 Å². The second-order valence-electron chi connectivity index (χ2n) is 5.64. The Kier molecular flexibility index (Phi) is 7.79. The van der Waals surface area contributed by atoms with Gasteiger partial charge in [0, 0.05) is 12.6 Å². The van der Waals surface area contributed by atoms with Crippen molar-refractivity contribution in [1.29, 1.82) is 0 Å². The normalized spacial score (nSPS) is 13.4. The molecule has 0 aliphatic rings. The zero-order valence-corrected chi connectivity index (χ0v) is 13.0. The molecule has 0 bridgehead atoms. The predicted octanol–water partition coefficient (Wildman–Crippen LogP) is 5.54. The van der Waals surface area contributed by atoms with Gasteiger partial charge in [-0.1, -0.05) is 57.2 Å². The molecule has 0 radical (unpaired) electrons. The number of rotatable bonds is 9. The first-order chi connectivity index (χ1) is 9.95. The van der Waals surface area contributed by atoms with E-state index >= 15 is 0 Å². The monoisotopic (exact) mass is 301 g/mol. The average Bonchev–Trinajstić information content (AvgIpc) is 2.44. The maximum absolute atomic E-state index is 12.9. The van der Waals surface area contributed by atoms with Crippen LogP contribution < -0.4 is 5.32 Å². The van der Waals surface area contributed by atoms with Crippen molar-refractivity contribution in [1.82, 2.24) is 5.32 Å². The van der Waals surface area contributed by atoms with Crippen molar-refractivity contribution in [2.24, 2.45) is 0 Å². The van der Waals surface area contributed by atoms with Gasteiger partial charge in [-0.2, -0.15) is 13.2 Å². The quantitative estimate of drug-likeness (QED) is 0.590. The van der Waals surface area contributed by atoms with E-state index in [4.69, 9.17) is 0 Å². The Morgan fingerprint density at radius 1 is 1.05 bits per heavy atom. The zero-order valence-electron chi connectivity index (χ0n) is 13.0. The molecule has 0 aliphatic heterocycles. The topological polar surface area (TPSA) is 12.0 Å². The van der Waals surface area contributed by atoms with E-state index in [0.717, 1.165) is 18.9 Å². The molecule has 0 amide bonds. The summed E-state index contributed by atoms with van der Waals surface area (Å²) < 4.78 is 38.6. The van der Waals surface area contributed by atoms with E-state index in [1.807, 2.05) is 6.92 Å². The number of unbranched alkanes of at least 4 members (excludes halogenated alkanes) is 4. The molecule has 0 spiro atoms. The lowest BCUT2D eigenvalue weighted by Crippen LogP contribution is -2.26. The van der Waals surface area contributed by atoms with Gasteiger partial charge in [0.25, 0.3) is 0 Å². The Morgan fingerprint density at radius 2 is 1.71 bits per heavy atom. The van der Waals surface area contributed by atoms with E-state index in [2.05, 4.69) is 12.2 Å². The van der Waals surface area contributed by atoms with Crippen LogP contribution in [-0.4, -0.2) is 6.04 Å². The number of benzene rings is 1. The molecule has 120 valence electrons. The summed E-state index contributed by atoms with van der Waals surface area (Å²) in [6.07, 6.45) is 2.82. The molecule has 1 aromatic rings. The number of hydrogen-bond acceptors (Lipinski definition) is 1. The first kappa shape index (κ1) is 18.0. The third-order valence-electron chi connectivity index (χ3n) is 3.70. The lowest BCUT2D eigenvalue weighted by molar-refractivity contribution is -0.138. The molecule has 1 atom stereocenters. The molecule has 1 unspecified atom stereocenters. The number of alkyl halides is 3. The predicted molar refractivity (Wildman–Crippen MR) is 81.1 cm³/mol. The van der Waals surface area contributed by atoms with Crippen molar-refractivity contribution in [2.75, 3.05) is 0 Å². The molecule has 1 nitrogen and oxygen atoms in total. The lowest BCUT2D eigenvalue weighted by atomic mass is 10.1. The van der Waals surface area contributed by atoms with Crippen LogP contribution in [0.2, 0.25) is 0 Å². The van der Waals surface area contributed by atoms with Crippen LogP contribution in [0.15, 0.2) is 24.3 Å². The number of halogens is 3. The van der Waals surface area contributed by atoms with Gasteiger partial charge in [0.2, 0.25) is 0 Å². The van der Waals surface area contributed by atoms with Crippen LogP contribution >= 0.6 is 0 Å². The summed E-state index contributed by atoms with van der Waals surface area (Å²) in [6, 6.07) is 6.02. The fourth-order valence-electron chi connectivity index (χ4n) is 2.39. The molecule has 1 rings (SSSR count). The summed E-state index contributed by atoms with van der Waals surface area (Å²) in [5, 5.41) is 3.20. The molecule has 4 heteroatoms. The van der Waals surface area contributed by atoms with Crippen LogP contribution in [0.1, 0.15) is 63.5 Å². The fourth-order valence-corrected chi connectivity index (χ4v) is 2.39. The fraction of sp³-hybridized carbons (Fsp3) is 0.647. The zero-order chi connectivity index (χ0) is 15.7. The number of hydrogen-bond donors (Lipinski definition) is 1. The minimum absolute atomic E-state index is 0.243. The Labute approximate surface area is 125 Å². The molecule has 1 aromatic carbocycles. The Morgan fingerprint density at radius 3 is 2.38 bits per heavy atom. The SMILES string of the molecule is CCCCCCCC(C)NCc1ccccc1C(F)(F)F. The van der Waals surface area contributed by atoms with Crippen LogP contribution in [0.25, 0.3) is 0 Å². The van der Waals surface area contributed by atoms with Gasteiger partial charge in [-0.3, -0.25) is 0 Å². The highest BCUT2D eigenvalue weighted by atomic mass is 19.4. The second kappa shape index (κ2) is 9.08. The van der Waals surface area contributed by atoms with Crippen LogP contribution in [0, 0.1) is 0 Å². The second-order valence-corrected chi connectivity index (χ2v) is 5.64. The first-order valence-electron chi connectivity index (χ1n) is 7.83. The average molecular weight is 301 g/mol. The largest absolute Gasteiger partial charge is 0.416 e. The van der Waals surface area contributed by atoms with Crippen molar-refractivity contribution in [3.63, 3.8) is 0 Å². The Bertz CT molecular complexity index is 401. The summed E-state index contributed by atoms with van der Waals surface area (Å²) in [7, 11) is 0. The van der Waals surface area contributed by atoms with Crippen LogP contribution in [0.3, 0.4) is 0 Å². The third-order valence-corrected chi connectivity index (χ3v) is 3.70. The molecule has 21 heavy (non-hydrogen) atoms. The van der Waals surface area contributed by atoms with Crippen molar-refractivity contribution < 1.29 is 13.2 Å². The van der Waals surface area contributed by atoms with Gasteiger partial charge in [0.15, 0.2) is 0 Å². The van der Waals surface area contributed by atoms with Crippen molar-refractivity contribution in [3.05, 3.63) is 35.4 Å². The Hall–Kier alpha value is -1.03. The van der Waals surface area contributed by atoms with Crippen molar-refractivity contribution in [3.8, 4) is 0 Å². The highest BCUT2D eigenvalue weighted by molar-refractivity contribution is 5.29. The number of nitrogens with one attached hydrogen (secondary N) is 1. The summed E-state index contributed by atoms with van der Waals surface area (Å²) in [6.45, 7) is 4.49. The minimum Gasteiger partial charge on any atom is -0.310 e. The van der Waals surface area contributed by atoms with Gasteiger partial charge in [-0.15, -0.1) is 0 Å². The molecule has 0 aliphatic carbocycles. The van der Waals surface area contributed by atoms with Crippen molar-refractivity contribution in [2.45, 2.75) is 71.1 Å². The van der Waals surface area contributed by atoms with E-state index in [0.29, 0.717) is 5.56 Å². The molecule has 0 saturated carbocycles. The van der Waals surface area contributed by atoms with Crippen LogP contribution in [0.5, 0.6) is 0 Å². The molecule has 0 aromatic heterocycles. The first-order valence-corrected chi connectivity index (χ1v) is 7.83. The van der Waals surface area contributed by atoms with E-state index in [9.17, 15) is 13.2 Å². The van der Waals surface area contributed by atoms with E-state index < -0.39 is 11.7 Å². The minimum atomic E-state index is -4.28. The Balaban J connectivity index is 2.38. The van der Waals surface area contributed by atoms with Gasteiger partial charge in [-0.05, 0) is 25.0 Å². The van der Waals surface area contributed by atoms with E-state index in [1.54, 1.807) is 12.1 Å². The summed E-state index contributed by atoms with van der Waals surface area (Å²) >= 11 is 0. The van der Waals surface area contributed by atoms with Gasteiger partial charge in [0.05, 0.1) is 5.56 Å². The molecule has 0 heterocycles. The smallest absolute Gasteiger partial charge is 0.310 e. The molecule has 0 saturated heterocycles. The van der Waals surface area contributed by atoms with Crippen molar-refractivity contribution >= 4 is 0 Å². The summed E-state index contributed by atoms with van der Waals surface area (Å²) in [5.41, 5.74) is -0.213. The lowest BCUT2D eigenvalue weighted by Gasteiger charge is -2.17. The summed E-state index contributed by atoms with van der Waals surface area (Å²) in [5.74, 6) is 0. The standard InChI is InChI=1S/C17H26F3N/c1-3-4-5-6-7-10-14(2)21-13-15-11-8-9-12-16(15)17(18,19)20/h8-9,11-12,14,21H,3-7,10,13H2,1-2H3. The van der Waals surface area contributed by atoms with Crippen LogP contribution in [-0.2, 0) is 12.7 Å². The highest BCUT2D eigenvalue weighted by Crippen LogP contribution is 2.31. The summed E-state index contributed by atoms with van der Waals surface area (Å²) in [4.78, 5) is 0. The molecule has 1 N–H and O–H groups in total. The highest BCUT2D eigenvalue weighted by Gasteiger charge is 2.32.